The number of ether oxygens (including phenoxy) is 1. The van der Waals surface area contributed by atoms with Gasteiger partial charge in [0.05, 0.1) is 28.8 Å². The van der Waals surface area contributed by atoms with Crippen molar-refractivity contribution in [2.24, 2.45) is 17.3 Å². The minimum absolute atomic E-state index is 0.000417. The maximum atomic E-state index is 12.6. The fourth-order valence-electron chi connectivity index (χ4n) is 4.89. The fourth-order valence-corrected chi connectivity index (χ4v) is 5.14. The third kappa shape index (κ3) is 6.70. The Balaban J connectivity index is 1.87. The normalized spacial score (nSPS) is 21.0. The van der Waals surface area contributed by atoms with Crippen molar-refractivity contribution in [2.45, 2.75) is 53.9 Å². The van der Waals surface area contributed by atoms with Gasteiger partial charge in [-0.1, -0.05) is 56.2 Å². The van der Waals surface area contributed by atoms with E-state index in [9.17, 15) is 24.3 Å². The Morgan fingerprint density at radius 3 is 2.34 bits per heavy atom. The number of hydrogen-bond acceptors (Lipinski definition) is 8. The number of Topliss-reactive ketones (excluding diaryl/α,β-unsaturated/α-hetero) is 1. The van der Waals surface area contributed by atoms with Crippen molar-refractivity contribution in [1.82, 2.24) is 0 Å². The van der Waals surface area contributed by atoms with Gasteiger partial charge in [-0.3, -0.25) is 14.5 Å². The molecule has 9 heteroatoms. The van der Waals surface area contributed by atoms with Crippen LogP contribution in [0.4, 0.5) is 0 Å². The number of halogens is 1. The van der Waals surface area contributed by atoms with E-state index >= 15 is 0 Å². The summed E-state index contributed by atoms with van der Waals surface area (Å²) in [4.78, 5) is 58.7. The molecule has 0 saturated heterocycles. The van der Waals surface area contributed by atoms with Crippen LogP contribution in [0.2, 0.25) is 5.02 Å². The largest absolute Gasteiger partial charge is 0.507 e. The number of phenolic OH excluding ortho intramolecular Hbond substituents is 1. The van der Waals surface area contributed by atoms with Crippen LogP contribution >= 0.6 is 11.6 Å². The number of aromatic hydroxyl groups is 1. The van der Waals surface area contributed by atoms with Crippen molar-refractivity contribution in [1.29, 1.82) is 0 Å². The van der Waals surface area contributed by atoms with Crippen molar-refractivity contribution in [3.63, 3.8) is 0 Å². The number of esters is 1. The minimum Gasteiger partial charge on any atom is -0.507 e. The number of phenols is 1. The van der Waals surface area contributed by atoms with Gasteiger partial charge in [0.25, 0.3) is 0 Å². The van der Waals surface area contributed by atoms with Crippen LogP contribution in [0.1, 0.15) is 82.7 Å². The second-order valence-electron chi connectivity index (χ2n) is 10.6. The van der Waals surface area contributed by atoms with Gasteiger partial charge >= 0.3 is 11.9 Å². The molecule has 0 bridgehead atoms. The molecule has 1 aliphatic rings. The van der Waals surface area contributed by atoms with Gasteiger partial charge in [-0.2, -0.15) is 0 Å². The summed E-state index contributed by atoms with van der Waals surface area (Å²) in [5.74, 6) is -1.37. The van der Waals surface area contributed by atoms with E-state index in [2.05, 4.69) is 24.7 Å². The molecule has 1 aliphatic carbocycles. The highest BCUT2D eigenvalue weighted by Gasteiger charge is 2.41. The molecule has 218 valence electrons. The number of aldehydes is 1. The van der Waals surface area contributed by atoms with E-state index in [1.165, 1.54) is 38.3 Å². The lowest BCUT2D eigenvalue weighted by molar-refractivity contribution is -0.150. The zero-order valence-corrected chi connectivity index (χ0v) is 24.8. The van der Waals surface area contributed by atoms with Crippen LogP contribution in [-0.4, -0.2) is 36.2 Å². The van der Waals surface area contributed by atoms with Crippen LogP contribution < -0.4 is 4.89 Å². The number of carbonyl (C=O) groups excluding carboxylic acids is 4. The van der Waals surface area contributed by atoms with Crippen molar-refractivity contribution in [3.05, 3.63) is 80.9 Å². The molecule has 1 saturated carbocycles. The Bertz CT molecular complexity index is 1410. The third-order valence-corrected chi connectivity index (χ3v) is 8.70. The molecule has 3 rings (SSSR count). The molecule has 41 heavy (non-hydrogen) atoms. The number of allylic oxidation sites excluding steroid dienone is 4. The number of ketones is 1. The molecular weight excluding hydrogens is 548 g/mol. The van der Waals surface area contributed by atoms with Crippen LogP contribution in [0.15, 0.2) is 48.1 Å². The van der Waals surface area contributed by atoms with Gasteiger partial charge in [-0.05, 0) is 67.9 Å². The number of methoxy groups -OCH3 is 1. The van der Waals surface area contributed by atoms with E-state index in [0.717, 1.165) is 12.0 Å². The van der Waals surface area contributed by atoms with Gasteiger partial charge in [0.2, 0.25) is 5.75 Å². The molecule has 0 amide bonds. The van der Waals surface area contributed by atoms with Crippen LogP contribution in [-0.2, 0) is 20.8 Å². The topological polar surface area (TPSA) is 116 Å². The second-order valence-corrected chi connectivity index (χ2v) is 11.0. The Morgan fingerprint density at radius 1 is 1.15 bits per heavy atom. The van der Waals surface area contributed by atoms with Gasteiger partial charge in [-0.15, -0.1) is 0 Å². The summed E-state index contributed by atoms with van der Waals surface area (Å²) in [6, 6.07) is 5.56. The minimum atomic E-state index is -0.867. The summed E-state index contributed by atoms with van der Waals surface area (Å²) in [5.41, 5.74) is 1.33. The highest BCUT2D eigenvalue weighted by atomic mass is 35.5. The molecule has 0 heterocycles. The van der Waals surface area contributed by atoms with Gasteiger partial charge < -0.3 is 9.84 Å². The van der Waals surface area contributed by atoms with Gasteiger partial charge in [0.15, 0.2) is 6.29 Å². The lowest BCUT2D eigenvalue weighted by Gasteiger charge is -2.42. The summed E-state index contributed by atoms with van der Waals surface area (Å²) in [6.07, 6.45) is 7.86. The van der Waals surface area contributed by atoms with E-state index in [1.54, 1.807) is 0 Å². The van der Waals surface area contributed by atoms with Gasteiger partial charge in [0, 0.05) is 17.9 Å². The molecule has 0 radical (unpaired) electrons. The number of hydrogen-bond donors (Lipinski definition) is 1. The molecule has 0 aromatic heterocycles. The third-order valence-electron chi connectivity index (χ3n) is 8.24. The molecule has 3 unspecified atom stereocenters. The van der Waals surface area contributed by atoms with E-state index in [4.69, 9.17) is 21.4 Å². The average Bonchev–Trinajstić information content (AvgIpc) is 2.97. The van der Waals surface area contributed by atoms with Crippen LogP contribution in [0.25, 0.3) is 0 Å². The van der Waals surface area contributed by atoms with Crippen LogP contribution in [0.3, 0.4) is 0 Å². The number of benzene rings is 2. The van der Waals surface area contributed by atoms with Gasteiger partial charge in [0.1, 0.15) is 11.5 Å². The lowest BCUT2D eigenvalue weighted by Crippen LogP contribution is -2.40. The molecule has 0 spiro atoms. The van der Waals surface area contributed by atoms with E-state index in [-0.39, 0.29) is 67.9 Å². The summed E-state index contributed by atoms with van der Waals surface area (Å²) in [6.45, 7) is 9.62. The number of carbonyl (C=O) groups is 4. The van der Waals surface area contributed by atoms with E-state index in [0.29, 0.717) is 18.6 Å². The van der Waals surface area contributed by atoms with Crippen LogP contribution in [0, 0.1) is 24.2 Å². The number of rotatable bonds is 9. The summed E-state index contributed by atoms with van der Waals surface area (Å²) >= 11 is 6.49. The second kappa shape index (κ2) is 13.2. The Kier molecular flexibility index (Phi) is 10.2. The van der Waals surface area contributed by atoms with Crippen molar-refractivity contribution in [3.8, 4) is 11.5 Å². The van der Waals surface area contributed by atoms with E-state index in [1.807, 2.05) is 26.0 Å². The van der Waals surface area contributed by atoms with Gasteiger partial charge in [-0.25, -0.2) is 14.5 Å². The maximum absolute atomic E-state index is 12.6. The van der Waals surface area contributed by atoms with Crippen molar-refractivity contribution < 1.29 is 38.8 Å². The first-order valence-electron chi connectivity index (χ1n) is 13.3. The Hall–Kier alpha value is -3.91. The molecule has 0 aliphatic heterocycles. The molecular formula is C32H35ClO8. The van der Waals surface area contributed by atoms with Crippen LogP contribution in [0.5, 0.6) is 11.5 Å². The smallest absolute Gasteiger partial charge is 0.386 e. The standard InChI is InChI=1S/C32H35ClO8/c1-18(15-16-32(5)19(2)8-14-26(35)21(32)4)7-13-24-28(36)25(17-34)20(3)27(33)29(24)40-41-31(38)23-11-9-22(10-12-23)30(37)39-6/h7,9-12,15-17,19,21,36H,8,13-14H2,1-6H3/b16-15+,18-7+. The first-order chi connectivity index (χ1) is 19.3. The van der Waals surface area contributed by atoms with Crippen molar-refractivity contribution >= 4 is 35.6 Å². The predicted molar refractivity (Wildman–Crippen MR) is 154 cm³/mol. The molecule has 2 aromatic carbocycles. The average molecular weight is 583 g/mol. The summed E-state index contributed by atoms with van der Waals surface area (Å²) < 4.78 is 4.65. The van der Waals surface area contributed by atoms with Crippen molar-refractivity contribution in [2.75, 3.05) is 7.11 Å². The molecule has 2 aromatic rings. The molecule has 1 fully saturated rings. The van der Waals surface area contributed by atoms with E-state index < -0.39 is 11.9 Å². The zero-order valence-electron chi connectivity index (χ0n) is 24.1. The maximum Gasteiger partial charge on any atom is 0.386 e. The monoisotopic (exact) mass is 582 g/mol. The zero-order chi connectivity index (χ0) is 30.5. The first-order valence-corrected chi connectivity index (χ1v) is 13.7. The summed E-state index contributed by atoms with van der Waals surface area (Å²) in [7, 11) is 1.25. The Morgan fingerprint density at radius 2 is 1.76 bits per heavy atom. The molecule has 3 atom stereocenters. The highest BCUT2D eigenvalue weighted by molar-refractivity contribution is 6.33. The molecule has 8 nitrogen and oxygen atoms in total. The molecule has 1 N–H and O–H groups in total. The highest BCUT2D eigenvalue weighted by Crippen LogP contribution is 2.45. The quantitative estimate of drug-likeness (QED) is 0.113. The lowest BCUT2D eigenvalue weighted by atomic mass is 9.61. The Labute approximate surface area is 244 Å². The summed E-state index contributed by atoms with van der Waals surface area (Å²) in [5, 5.41) is 10.9. The predicted octanol–water partition coefficient (Wildman–Crippen LogP) is 6.79. The fraction of sp³-hybridized carbons (Fsp3) is 0.375. The SMILES string of the molecule is COC(=O)c1ccc(C(=O)OOc2c(Cl)c(C)c(C=O)c(O)c2C/C=C(C)/C=C/C2(C)C(C)CCC(=O)C2C)cc1. The first kappa shape index (κ1) is 31.6.